The predicted molar refractivity (Wildman–Crippen MR) is 72.9 cm³/mol. The average Bonchev–Trinajstić information content (AvgIpc) is 2.39. The second-order valence-corrected chi connectivity index (χ2v) is 6.24. The van der Waals surface area contributed by atoms with Gasteiger partial charge < -0.3 is 5.11 Å². The molecule has 0 amide bonds. The second-order valence-electron chi connectivity index (χ2n) is 3.89. The van der Waals surface area contributed by atoms with Crippen LogP contribution in [0.1, 0.15) is 18.9 Å². The molecule has 6 nitrogen and oxygen atoms in total. The lowest BCUT2D eigenvalue weighted by Crippen LogP contribution is -2.33. The number of carboxylic acids is 1. The molecule has 0 saturated heterocycles. The molecule has 0 spiro atoms. The van der Waals surface area contributed by atoms with Gasteiger partial charge in [0.15, 0.2) is 0 Å². The Hall–Kier alpha value is -1.62. The molecule has 0 fully saturated rings. The van der Waals surface area contributed by atoms with E-state index in [0.29, 0.717) is 0 Å². The molecule has 1 rings (SSSR count). The van der Waals surface area contributed by atoms with Gasteiger partial charge in [0.2, 0.25) is 10.0 Å². The van der Waals surface area contributed by atoms with Crippen molar-refractivity contribution >= 4 is 27.6 Å². The maximum atomic E-state index is 12.3. The zero-order chi connectivity index (χ0) is 15.3. The van der Waals surface area contributed by atoms with Crippen molar-refractivity contribution in [2.45, 2.75) is 18.2 Å². The summed E-state index contributed by atoms with van der Waals surface area (Å²) in [4.78, 5) is 10.5. The van der Waals surface area contributed by atoms with Gasteiger partial charge in [-0.3, -0.25) is 4.79 Å². The van der Waals surface area contributed by atoms with Gasteiger partial charge in [-0.25, -0.2) is 8.42 Å². The lowest BCUT2D eigenvalue weighted by Gasteiger charge is -2.19. The smallest absolute Gasteiger partial charge is 0.304 e. The fourth-order valence-corrected chi connectivity index (χ4v) is 3.20. The van der Waals surface area contributed by atoms with Crippen LogP contribution in [0, 0.1) is 11.3 Å². The van der Waals surface area contributed by atoms with Gasteiger partial charge >= 0.3 is 5.97 Å². The van der Waals surface area contributed by atoms with Crippen molar-refractivity contribution in [1.29, 1.82) is 5.26 Å². The van der Waals surface area contributed by atoms with Crippen molar-refractivity contribution in [3.63, 3.8) is 0 Å². The van der Waals surface area contributed by atoms with E-state index in [1.807, 2.05) is 0 Å². The Morgan fingerprint density at radius 3 is 2.65 bits per heavy atom. The highest BCUT2D eigenvalue weighted by Crippen LogP contribution is 2.22. The number of carbonyl (C=O) groups is 1. The van der Waals surface area contributed by atoms with Crippen LogP contribution < -0.4 is 0 Å². The Morgan fingerprint density at radius 1 is 1.50 bits per heavy atom. The van der Waals surface area contributed by atoms with Crippen molar-refractivity contribution in [3.05, 3.63) is 28.8 Å². The molecular weight excluding hydrogens is 304 g/mol. The van der Waals surface area contributed by atoms with E-state index in [2.05, 4.69) is 0 Å². The summed E-state index contributed by atoms with van der Waals surface area (Å²) in [6, 6.07) is 5.61. The van der Waals surface area contributed by atoms with E-state index < -0.39 is 16.0 Å². The van der Waals surface area contributed by atoms with E-state index >= 15 is 0 Å². The van der Waals surface area contributed by atoms with Crippen LogP contribution in [0.25, 0.3) is 0 Å². The largest absolute Gasteiger partial charge is 0.481 e. The lowest BCUT2D eigenvalue weighted by atomic mass is 10.2. The molecule has 0 unspecified atom stereocenters. The Labute approximate surface area is 122 Å². The molecule has 20 heavy (non-hydrogen) atoms. The maximum absolute atomic E-state index is 12.3. The van der Waals surface area contributed by atoms with Crippen molar-refractivity contribution < 1.29 is 18.3 Å². The first kappa shape index (κ1) is 16.4. The third kappa shape index (κ3) is 3.70. The lowest BCUT2D eigenvalue weighted by molar-refractivity contribution is -0.137. The van der Waals surface area contributed by atoms with E-state index in [9.17, 15) is 13.2 Å². The molecule has 0 atom stereocenters. The fourth-order valence-electron chi connectivity index (χ4n) is 1.57. The van der Waals surface area contributed by atoms with Gasteiger partial charge in [0, 0.05) is 13.1 Å². The molecule has 0 aliphatic heterocycles. The van der Waals surface area contributed by atoms with Crippen LogP contribution in [-0.4, -0.2) is 36.9 Å². The Bertz CT molecular complexity index is 652. The number of nitrogens with zero attached hydrogens (tertiary/aromatic N) is 2. The van der Waals surface area contributed by atoms with Crippen LogP contribution >= 0.6 is 11.6 Å². The molecule has 0 aliphatic rings. The number of sulfonamides is 1. The first-order valence-corrected chi connectivity index (χ1v) is 7.56. The van der Waals surface area contributed by atoms with Gasteiger partial charge in [0.1, 0.15) is 6.07 Å². The summed E-state index contributed by atoms with van der Waals surface area (Å²) in [5.41, 5.74) is 0.0574. The summed E-state index contributed by atoms with van der Waals surface area (Å²) >= 11 is 5.75. The molecule has 0 bridgehead atoms. The van der Waals surface area contributed by atoms with Gasteiger partial charge in [0.05, 0.1) is 21.9 Å². The van der Waals surface area contributed by atoms with Crippen molar-refractivity contribution in [2.75, 3.05) is 13.1 Å². The van der Waals surface area contributed by atoms with Crippen LogP contribution in [-0.2, 0) is 14.8 Å². The zero-order valence-electron chi connectivity index (χ0n) is 10.7. The molecule has 1 aromatic rings. The maximum Gasteiger partial charge on any atom is 0.304 e. The SMILES string of the molecule is CCN(CCC(=O)O)S(=O)(=O)c1ccc(Cl)c(C#N)c1. The monoisotopic (exact) mass is 316 g/mol. The van der Waals surface area contributed by atoms with Gasteiger partial charge in [-0.05, 0) is 18.2 Å². The summed E-state index contributed by atoms with van der Waals surface area (Å²) in [5, 5.41) is 17.7. The van der Waals surface area contributed by atoms with Crippen molar-refractivity contribution in [2.24, 2.45) is 0 Å². The van der Waals surface area contributed by atoms with Gasteiger partial charge in [-0.15, -0.1) is 0 Å². The second kappa shape index (κ2) is 6.70. The van der Waals surface area contributed by atoms with E-state index in [4.69, 9.17) is 22.0 Å². The van der Waals surface area contributed by atoms with E-state index in [0.717, 1.165) is 4.31 Å². The third-order valence-corrected chi connectivity index (χ3v) is 4.92. The number of halogens is 1. The summed E-state index contributed by atoms with van der Waals surface area (Å²) in [6.45, 7) is 1.62. The van der Waals surface area contributed by atoms with Gasteiger partial charge in [-0.1, -0.05) is 18.5 Å². The van der Waals surface area contributed by atoms with Crippen molar-refractivity contribution in [1.82, 2.24) is 4.31 Å². The average molecular weight is 317 g/mol. The molecule has 1 aromatic carbocycles. The zero-order valence-corrected chi connectivity index (χ0v) is 12.3. The summed E-state index contributed by atoms with van der Waals surface area (Å²) in [7, 11) is -3.84. The number of benzene rings is 1. The summed E-state index contributed by atoms with van der Waals surface area (Å²) < 4.78 is 25.7. The number of nitriles is 1. The molecular formula is C12H13ClN2O4S. The first-order chi connectivity index (χ1) is 9.32. The molecule has 8 heteroatoms. The van der Waals surface area contributed by atoms with Gasteiger partial charge in [-0.2, -0.15) is 9.57 Å². The molecule has 0 aromatic heterocycles. The van der Waals surface area contributed by atoms with Crippen LogP contribution in [0.2, 0.25) is 5.02 Å². The molecule has 1 N–H and O–H groups in total. The molecule has 0 heterocycles. The highest BCUT2D eigenvalue weighted by Gasteiger charge is 2.24. The number of carboxylic acid groups (broad SMARTS) is 1. The van der Waals surface area contributed by atoms with Crippen LogP contribution in [0.4, 0.5) is 0 Å². The highest BCUT2D eigenvalue weighted by atomic mass is 35.5. The number of rotatable bonds is 6. The fraction of sp³-hybridized carbons (Fsp3) is 0.333. The quantitative estimate of drug-likeness (QED) is 0.861. The predicted octanol–water partition coefficient (Wildman–Crippen LogP) is 1.70. The Balaban J connectivity index is 3.14. The van der Waals surface area contributed by atoms with E-state index in [1.165, 1.54) is 18.2 Å². The Kier molecular flexibility index (Phi) is 5.51. The standard InChI is InChI=1S/C12H13ClN2O4S/c1-2-15(6-5-12(16)17)20(18,19)10-3-4-11(13)9(7-10)8-14/h3-4,7H,2,5-6H2,1H3,(H,16,17). The minimum Gasteiger partial charge on any atom is -0.481 e. The minimum absolute atomic E-state index is 0.0574. The molecule has 0 radical (unpaired) electrons. The molecule has 108 valence electrons. The summed E-state index contributed by atoms with van der Waals surface area (Å²) in [6.07, 6.45) is -0.286. The topological polar surface area (TPSA) is 98.5 Å². The van der Waals surface area contributed by atoms with Crippen LogP contribution in [0.5, 0.6) is 0 Å². The highest BCUT2D eigenvalue weighted by molar-refractivity contribution is 7.89. The normalized spacial score (nSPS) is 11.3. The molecule has 0 saturated carbocycles. The van der Waals surface area contributed by atoms with Crippen LogP contribution in [0.15, 0.2) is 23.1 Å². The Morgan fingerprint density at radius 2 is 2.15 bits per heavy atom. The van der Waals surface area contributed by atoms with Crippen LogP contribution in [0.3, 0.4) is 0 Å². The minimum atomic E-state index is -3.84. The van der Waals surface area contributed by atoms with Crippen molar-refractivity contribution in [3.8, 4) is 6.07 Å². The number of aliphatic carboxylic acids is 1. The summed E-state index contributed by atoms with van der Waals surface area (Å²) in [5.74, 6) is -1.08. The number of hydrogen-bond donors (Lipinski definition) is 1. The number of hydrogen-bond acceptors (Lipinski definition) is 4. The first-order valence-electron chi connectivity index (χ1n) is 5.74. The van der Waals surface area contributed by atoms with E-state index in [-0.39, 0.29) is 35.0 Å². The third-order valence-electron chi connectivity index (χ3n) is 2.62. The van der Waals surface area contributed by atoms with Gasteiger partial charge in [0.25, 0.3) is 0 Å². The molecule has 0 aliphatic carbocycles. The van der Waals surface area contributed by atoms with E-state index in [1.54, 1.807) is 13.0 Å².